The Labute approximate surface area is 423 Å². The molecule has 0 radical (unpaired) electrons. The molecule has 6 aliphatic heterocycles. The van der Waals surface area contributed by atoms with Crippen molar-refractivity contribution >= 4 is 5.78 Å². The Morgan fingerprint density at radius 1 is 0.589 bits per heavy atom. The third-order valence-corrected chi connectivity index (χ3v) is 19.9. The Bertz CT molecular complexity index is 1910. The molecule has 10 rings (SSSR count). The molecule has 6 saturated heterocycles. The van der Waals surface area contributed by atoms with Gasteiger partial charge in [0.1, 0.15) is 97.3 Å². The molecule has 0 aromatic heterocycles. The molecule has 6 heterocycles. The van der Waals surface area contributed by atoms with Crippen LogP contribution >= 0.6 is 0 Å². The van der Waals surface area contributed by atoms with E-state index in [2.05, 4.69) is 27.7 Å². The van der Waals surface area contributed by atoms with Crippen molar-refractivity contribution in [2.45, 2.75) is 220 Å². The molecule has 0 amide bonds. The predicted octanol–water partition coefficient (Wildman–Crippen LogP) is -3.09. The van der Waals surface area contributed by atoms with Crippen LogP contribution in [0.25, 0.3) is 0 Å². The summed E-state index contributed by atoms with van der Waals surface area (Å²) >= 11 is 0. The molecule has 73 heavy (non-hydrogen) atoms. The van der Waals surface area contributed by atoms with E-state index in [1.807, 2.05) is 0 Å². The number of hydrogen-bond acceptors (Lipinski definition) is 23. The van der Waals surface area contributed by atoms with E-state index < -0.39 is 154 Å². The smallest absolute Gasteiger partial charge is 0.187 e. The highest BCUT2D eigenvalue weighted by molar-refractivity contribution is 5.87. The Morgan fingerprint density at radius 2 is 1.18 bits per heavy atom. The minimum atomic E-state index is -2.01. The van der Waals surface area contributed by atoms with Crippen molar-refractivity contribution in [1.29, 1.82) is 0 Å². The van der Waals surface area contributed by atoms with Gasteiger partial charge in [-0.25, -0.2) is 0 Å². The molecule has 10 aliphatic rings. The summed E-state index contributed by atoms with van der Waals surface area (Å²) in [6, 6.07) is 0. The van der Waals surface area contributed by atoms with Crippen LogP contribution in [0, 0.1) is 52.3 Å². The van der Waals surface area contributed by atoms with Gasteiger partial charge in [-0.05, 0) is 80.0 Å². The van der Waals surface area contributed by atoms with Crippen LogP contribution in [-0.2, 0) is 52.2 Å². The molecule has 0 aromatic carbocycles. The summed E-state index contributed by atoms with van der Waals surface area (Å²) in [5.41, 5.74) is -0.584. The highest BCUT2D eigenvalue weighted by Gasteiger charge is 2.72. The number of hydrogen-bond donors (Lipinski definition) is 12. The van der Waals surface area contributed by atoms with Crippen LogP contribution in [0.4, 0.5) is 0 Å². The monoisotopic (exact) mass is 1050 g/mol. The zero-order valence-electron chi connectivity index (χ0n) is 41.9. The van der Waals surface area contributed by atoms with Crippen molar-refractivity contribution in [1.82, 2.24) is 0 Å². The summed E-state index contributed by atoms with van der Waals surface area (Å²) in [7, 11) is 0. The van der Waals surface area contributed by atoms with Crippen molar-refractivity contribution in [2.24, 2.45) is 52.3 Å². The summed E-state index contributed by atoms with van der Waals surface area (Å²) in [5.74, 6) is 1.55. The van der Waals surface area contributed by atoms with Crippen LogP contribution in [0.2, 0.25) is 0 Å². The summed E-state index contributed by atoms with van der Waals surface area (Å²) < 4.78 is 59.7. The number of aliphatic hydroxyl groups is 12. The number of aliphatic hydroxyl groups excluding tert-OH is 12. The van der Waals surface area contributed by atoms with Gasteiger partial charge in [-0.1, -0.05) is 27.7 Å². The van der Waals surface area contributed by atoms with Crippen LogP contribution in [0.1, 0.15) is 85.5 Å². The first-order valence-corrected chi connectivity index (χ1v) is 26.7. The van der Waals surface area contributed by atoms with E-state index in [4.69, 9.17) is 47.4 Å². The van der Waals surface area contributed by atoms with Crippen molar-refractivity contribution in [3.63, 3.8) is 0 Å². The number of fused-ring (bicyclic) bond motifs is 7. The molecule has 10 fully saturated rings. The van der Waals surface area contributed by atoms with Gasteiger partial charge < -0.3 is 109 Å². The molecular weight excluding hydrogens is 969 g/mol. The van der Waals surface area contributed by atoms with Gasteiger partial charge in [-0.15, -0.1) is 0 Å². The van der Waals surface area contributed by atoms with Crippen molar-refractivity contribution in [3.05, 3.63) is 0 Å². The Balaban J connectivity index is 0.746. The van der Waals surface area contributed by atoms with E-state index in [9.17, 15) is 66.1 Å². The van der Waals surface area contributed by atoms with Crippen LogP contribution in [0.5, 0.6) is 0 Å². The molecule has 0 aromatic rings. The van der Waals surface area contributed by atoms with Crippen LogP contribution in [0.15, 0.2) is 0 Å². The fourth-order valence-corrected chi connectivity index (χ4v) is 15.6. The van der Waals surface area contributed by atoms with E-state index in [1.54, 1.807) is 0 Å². The zero-order valence-corrected chi connectivity index (χ0v) is 41.9. The second-order valence-corrected chi connectivity index (χ2v) is 23.7. The SMILES string of the molecule is CC1CCC2(OC1)OC1CC3C4CCC5CC(OC6OC(CO)C(OC7OC(CO)C(OC8OC(CO)C(O)C(OC9OCC(O)C(O)C9O)C8O)C(O)C7O)C(O)C6O)CCC5(C)C4CC(=O)C3(C)C1C2C. The number of ketones is 1. The summed E-state index contributed by atoms with van der Waals surface area (Å²) in [6.45, 7) is 6.73. The molecular formula is C50H80O23. The molecule has 31 unspecified atom stereocenters. The standard InChI is InChI=1S/C50H80O23/c1-19-7-10-50(65-17-19)20(2)32-27(73-50)12-25-23-6-5-21-11-22(8-9-48(21,3)24(23)13-31(55)49(25,32)4)66-45-38(61)35(58)41(29(15-52)68-45)70-46-39(62)36(59)42(30(16-53)69-46)71-47-40(63)43(34(57)28(14-51)67-47)72-44-37(60)33(56)26(54)18-64-44/h19-30,32-47,51-54,56-63H,5-18H2,1-4H3. The summed E-state index contributed by atoms with van der Waals surface area (Å²) in [5, 5.41) is 129. The largest absolute Gasteiger partial charge is 0.394 e. The highest BCUT2D eigenvalue weighted by atomic mass is 16.8. The maximum atomic E-state index is 14.6. The molecule has 418 valence electrons. The van der Waals surface area contributed by atoms with Gasteiger partial charge in [-0.3, -0.25) is 4.79 Å². The number of rotatable bonds is 11. The van der Waals surface area contributed by atoms with E-state index >= 15 is 0 Å². The maximum Gasteiger partial charge on any atom is 0.187 e. The molecule has 4 aliphatic carbocycles. The average Bonchev–Trinajstić information content (AvgIpc) is 3.83. The fraction of sp³-hybridized carbons (Fsp3) is 0.980. The van der Waals surface area contributed by atoms with Crippen molar-refractivity contribution in [3.8, 4) is 0 Å². The number of carbonyl (C=O) groups is 1. The van der Waals surface area contributed by atoms with E-state index in [1.165, 1.54) is 0 Å². The lowest BCUT2D eigenvalue weighted by molar-refractivity contribution is -0.388. The van der Waals surface area contributed by atoms with Gasteiger partial charge in [0.05, 0.1) is 45.2 Å². The molecule has 1 spiro atoms. The van der Waals surface area contributed by atoms with Gasteiger partial charge in [0.25, 0.3) is 0 Å². The second kappa shape index (κ2) is 21.1. The molecule has 12 N–H and O–H groups in total. The first kappa shape index (κ1) is 55.1. The van der Waals surface area contributed by atoms with Crippen molar-refractivity contribution in [2.75, 3.05) is 33.0 Å². The van der Waals surface area contributed by atoms with E-state index in [0.717, 1.165) is 38.5 Å². The highest BCUT2D eigenvalue weighted by Crippen LogP contribution is 2.70. The lowest BCUT2D eigenvalue weighted by Crippen LogP contribution is -2.67. The quantitative estimate of drug-likeness (QED) is 0.0913. The predicted molar refractivity (Wildman–Crippen MR) is 243 cm³/mol. The van der Waals surface area contributed by atoms with Gasteiger partial charge in [0.15, 0.2) is 30.9 Å². The first-order valence-electron chi connectivity index (χ1n) is 26.7. The lowest BCUT2D eigenvalue weighted by Gasteiger charge is -2.60. The van der Waals surface area contributed by atoms with Gasteiger partial charge in [-0.2, -0.15) is 0 Å². The van der Waals surface area contributed by atoms with E-state index in [0.29, 0.717) is 43.5 Å². The van der Waals surface area contributed by atoms with Crippen LogP contribution in [-0.4, -0.2) is 235 Å². The second-order valence-electron chi connectivity index (χ2n) is 23.7. The van der Waals surface area contributed by atoms with Gasteiger partial charge >= 0.3 is 0 Å². The topological polar surface area (TPSA) is 352 Å². The fourth-order valence-electron chi connectivity index (χ4n) is 15.6. The third kappa shape index (κ3) is 9.30. The van der Waals surface area contributed by atoms with Crippen molar-refractivity contribution < 1.29 is 113 Å². The third-order valence-electron chi connectivity index (χ3n) is 19.9. The summed E-state index contributed by atoms with van der Waals surface area (Å²) in [4.78, 5) is 14.6. The molecule has 31 atom stereocenters. The zero-order chi connectivity index (χ0) is 52.2. The Kier molecular flexibility index (Phi) is 15.9. The van der Waals surface area contributed by atoms with Gasteiger partial charge in [0, 0.05) is 30.1 Å². The van der Waals surface area contributed by atoms with E-state index in [-0.39, 0.29) is 47.2 Å². The first-order chi connectivity index (χ1) is 34.7. The minimum Gasteiger partial charge on any atom is -0.394 e. The molecule has 0 bridgehead atoms. The number of carbonyl (C=O) groups excluding carboxylic acids is 1. The Morgan fingerprint density at radius 3 is 1.79 bits per heavy atom. The maximum absolute atomic E-state index is 14.6. The molecule has 23 heteroatoms. The van der Waals surface area contributed by atoms with Gasteiger partial charge in [0.2, 0.25) is 0 Å². The Hall–Kier alpha value is -1.21. The number of ether oxygens (including phenoxy) is 10. The van der Waals surface area contributed by atoms with Crippen LogP contribution < -0.4 is 0 Å². The minimum absolute atomic E-state index is 0.00170. The molecule has 23 nitrogen and oxygen atoms in total. The van der Waals surface area contributed by atoms with Crippen LogP contribution in [0.3, 0.4) is 0 Å². The summed E-state index contributed by atoms with van der Waals surface area (Å²) in [6.07, 6.45) is -25.4. The average molecular weight is 1050 g/mol. The number of Topliss-reactive ketones (excluding diaryl/α,β-unsaturated/α-hetero) is 1. The normalized spacial score (nSPS) is 57.2. The molecule has 4 saturated carbocycles. The lowest BCUT2D eigenvalue weighted by atomic mass is 9.44.